The fourth-order valence-corrected chi connectivity index (χ4v) is 1.81. The van der Waals surface area contributed by atoms with Crippen LogP contribution in [0.3, 0.4) is 0 Å². The fraction of sp³-hybridized carbons (Fsp3) is 0.385. The Balaban J connectivity index is 1.53. The van der Waals surface area contributed by atoms with Gasteiger partial charge in [0.25, 0.3) is 0 Å². The molecule has 0 aromatic carbocycles. The third kappa shape index (κ3) is 3.62. The lowest BCUT2D eigenvalue weighted by Gasteiger charge is -2.04. The van der Waals surface area contributed by atoms with E-state index in [0.717, 1.165) is 12.8 Å². The molecule has 0 atom stereocenters. The molecule has 3 rings (SSSR count). The van der Waals surface area contributed by atoms with Crippen LogP contribution in [0.1, 0.15) is 18.7 Å². The van der Waals surface area contributed by atoms with E-state index in [2.05, 4.69) is 30.9 Å². The van der Waals surface area contributed by atoms with Crippen molar-refractivity contribution in [2.75, 3.05) is 10.6 Å². The Labute approximate surface area is 126 Å². The zero-order chi connectivity index (χ0) is 15.5. The first kappa shape index (κ1) is 14.1. The van der Waals surface area contributed by atoms with Gasteiger partial charge < -0.3 is 10.6 Å². The molecule has 2 amide bonds. The Bertz CT molecular complexity index is 691. The van der Waals surface area contributed by atoms with Crippen LogP contribution >= 0.6 is 0 Å². The van der Waals surface area contributed by atoms with E-state index in [0.29, 0.717) is 17.3 Å². The average Bonchev–Trinajstić information content (AvgIpc) is 3.25. The number of carbonyl (C=O) groups is 2. The van der Waals surface area contributed by atoms with Crippen molar-refractivity contribution in [3.8, 4) is 0 Å². The molecule has 2 aromatic rings. The lowest BCUT2D eigenvalue weighted by atomic mass is 10.4. The molecule has 2 N–H and O–H groups in total. The molecule has 0 unspecified atom stereocenters. The maximum atomic E-state index is 11.9. The molecule has 0 spiro atoms. The molecular weight excluding hydrogens is 286 g/mol. The second-order valence-electron chi connectivity index (χ2n) is 5.13. The summed E-state index contributed by atoms with van der Waals surface area (Å²) in [6.45, 7) is 1.75. The van der Waals surface area contributed by atoms with Gasteiger partial charge in [-0.15, -0.1) is 5.10 Å². The van der Waals surface area contributed by atoms with Crippen LogP contribution in [0.2, 0.25) is 0 Å². The predicted molar refractivity (Wildman–Crippen MR) is 76.8 cm³/mol. The highest BCUT2D eigenvalue weighted by molar-refractivity contribution is 5.93. The largest absolute Gasteiger partial charge is 0.322 e. The summed E-state index contributed by atoms with van der Waals surface area (Å²) < 4.78 is 1.35. The molecule has 1 fully saturated rings. The third-order valence-corrected chi connectivity index (χ3v) is 3.11. The minimum Gasteiger partial charge on any atom is -0.322 e. The summed E-state index contributed by atoms with van der Waals surface area (Å²) in [5.74, 6) is 0.745. The van der Waals surface area contributed by atoms with Crippen molar-refractivity contribution in [3.63, 3.8) is 0 Å². The quantitative estimate of drug-likeness (QED) is 0.824. The number of nitrogens with zero attached hydrogens (tertiary/aromatic N) is 5. The minimum absolute atomic E-state index is 0.0137. The highest BCUT2D eigenvalue weighted by Gasteiger charge is 2.30. The van der Waals surface area contributed by atoms with Gasteiger partial charge in [0.05, 0.1) is 24.3 Å². The topological polar surface area (TPSA) is 115 Å². The number of nitrogens with one attached hydrogen (secondary N) is 2. The number of anilines is 2. The van der Waals surface area contributed by atoms with Crippen molar-refractivity contribution in [1.82, 2.24) is 25.0 Å². The summed E-state index contributed by atoms with van der Waals surface area (Å²) >= 11 is 0. The highest BCUT2D eigenvalue weighted by Crippen LogP contribution is 2.29. The van der Waals surface area contributed by atoms with Crippen molar-refractivity contribution in [1.29, 1.82) is 0 Å². The number of aromatic nitrogens is 5. The molecule has 114 valence electrons. The van der Waals surface area contributed by atoms with Crippen LogP contribution in [0.25, 0.3) is 0 Å². The Morgan fingerprint density at radius 3 is 2.68 bits per heavy atom. The summed E-state index contributed by atoms with van der Waals surface area (Å²) in [4.78, 5) is 31.4. The van der Waals surface area contributed by atoms with Gasteiger partial charge in [-0.3, -0.25) is 9.59 Å². The summed E-state index contributed by atoms with van der Waals surface area (Å²) in [7, 11) is 0. The average molecular weight is 301 g/mol. The number of hydrogen-bond donors (Lipinski definition) is 2. The summed E-state index contributed by atoms with van der Waals surface area (Å²) in [5.41, 5.74) is 0.512. The molecule has 1 saturated carbocycles. The molecule has 22 heavy (non-hydrogen) atoms. The molecule has 0 aliphatic heterocycles. The van der Waals surface area contributed by atoms with E-state index in [4.69, 9.17) is 0 Å². The minimum atomic E-state index is -0.280. The lowest BCUT2D eigenvalue weighted by Crippen LogP contribution is -2.19. The molecule has 2 aromatic heterocycles. The third-order valence-electron chi connectivity index (χ3n) is 3.11. The molecule has 0 radical (unpaired) electrons. The highest BCUT2D eigenvalue weighted by atomic mass is 16.2. The van der Waals surface area contributed by atoms with Crippen LogP contribution in [-0.4, -0.2) is 36.8 Å². The van der Waals surface area contributed by atoms with Gasteiger partial charge in [-0.1, -0.05) is 5.21 Å². The first-order chi connectivity index (χ1) is 10.6. The van der Waals surface area contributed by atoms with Gasteiger partial charge in [0.1, 0.15) is 12.4 Å². The standard InChI is InChI=1S/C13H15N7O2/c1-8-14-4-10(5-15-8)16-12(21)7-20-6-11(18-19-20)17-13(22)9-2-3-9/h4-6,9H,2-3,7H2,1H3,(H,16,21)(H,17,22). The van der Waals surface area contributed by atoms with E-state index >= 15 is 0 Å². The van der Waals surface area contributed by atoms with Crippen molar-refractivity contribution >= 4 is 23.3 Å². The molecule has 1 aliphatic carbocycles. The second-order valence-corrected chi connectivity index (χ2v) is 5.13. The van der Waals surface area contributed by atoms with Crippen molar-refractivity contribution in [3.05, 3.63) is 24.4 Å². The van der Waals surface area contributed by atoms with Crippen molar-refractivity contribution in [2.24, 2.45) is 5.92 Å². The van der Waals surface area contributed by atoms with Gasteiger partial charge in [-0.05, 0) is 19.8 Å². The van der Waals surface area contributed by atoms with Crippen LogP contribution in [0, 0.1) is 12.8 Å². The zero-order valence-corrected chi connectivity index (χ0v) is 12.0. The van der Waals surface area contributed by atoms with Gasteiger partial charge >= 0.3 is 0 Å². The van der Waals surface area contributed by atoms with Crippen LogP contribution in [0.4, 0.5) is 11.5 Å². The van der Waals surface area contributed by atoms with Crippen LogP contribution in [0.15, 0.2) is 18.6 Å². The van der Waals surface area contributed by atoms with Crippen LogP contribution in [0.5, 0.6) is 0 Å². The first-order valence-electron chi connectivity index (χ1n) is 6.89. The molecule has 0 bridgehead atoms. The van der Waals surface area contributed by atoms with E-state index in [1.807, 2.05) is 0 Å². The molecule has 2 heterocycles. The van der Waals surface area contributed by atoms with Crippen molar-refractivity contribution < 1.29 is 9.59 Å². The van der Waals surface area contributed by atoms with Gasteiger partial charge in [0.15, 0.2) is 5.82 Å². The van der Waals surface area contributed by atoms with E-state index in [-0.39, 0.29) is 24.3 Å². The van der Waals surface area contributed by atoms with Gasteiger partial charge in [-0.25, -0.2) is 14.6 Å². The molecule has 9 heteroatoms. The maximum Gasteiger partial charge on any atom is 0.246 e. The molecule has 0 saturated heterocycles. The van der Waals surface area contributed by atoms with Gasteiger partial charge in [0, 0.05) is 5.92 Å². The molecular formula is C13H15N7O2. The molecule has 1 aliphatic rings. The summed E-state index contributed by atoms with van der Waals surface area (Å²) in [5, 5.41) is 12.9. The number of carbonyl (C=O) groups excluding carboxylic acids is 2. The Morgan fingerprint density at radius 2 is 2.00 bits per heavy atom. The lowest BCUT2D eigenvalue weighted by molar-refractivity contribution is -0.117. The fourth-order valence-electron chi connectivity index (χ4n) is 1.81. The van der Waals surface area contributed by atoms with Crippen LogP contribution in [-0.2, 0) is 16.1 Å². The Hall–Kier alpha value is -2.84. The summed E-state index contributed by atoms with van der Waals surface area (Å²) in [6.07, 6.45) is 6.42. The second kappa shape index (κ2) is 5.88. The van der Waals surface area contributed by atoms with E-state index < -0.39 is 0 Å². The number of rotatable bonds is 5. The number of aryl methyl sites for hydroxylation is 1. The Kier molecular flexibility index (Phi) is 3.77. The zero-order valence-electron chi connectivity index (χ0n) is 12.0. The van der Waals surface area contributed by atoms with E-state index in [1.54, 1.807) is 6.92 Å². The maximum absolute atomic E-state index is 11.9. The van der Waals surface area contributed by atoms with E-state index in [9.17, 15) is 9.59 Å². The first-order valence-corrected chi connectivity index (χ1v) is 6.89. The monoisotopic (exact) mass is 301 g/mol. The molecule has 9 nitrogen and oxygen atoms in total. The van der Waals surface area contributed by atoms with Crippen LogP contribution < -0.4 is 10.6 Å². The van der Waals surface area contributed by atoms with Gasteiger partial charge in [0.2, 0.25) is 11.8 Å². The van der Waals surface area contributed by atoms with Gasteiger partial charge in [-0.2, -0.15) is 0 Å². The number of amides is 2. The SMILES string of the molecule is Cc1ncc(NC(=O)Cn2cc(NC(=O)C3CC3)nn2)cn1. The predicted octanol–water partition coefficient (Wildman–Crippen LogP) is 0.364. The number of hydrogen-bond acceptors (Lipinski definition) is 6. The Morgan fingerprint density at radius 1 is 1.27 bits per heavy atom. The van der Waals surface area contributed by atoms with Crippen molar-refractivity contribution in [2.45, 2.75) is 26.3 Å². The summed E-state index contributed by atoms with van der Waals surface area (Å²) in [6, 6.07) is 0. The normalized spacial score (nSPS) is 13.7. The van der Waals surface area contributed by atoms with E-state index in [1.165, 1.54) is 23.3 Å². The smallest absolute Gasteiger partial charge is 0.246 e.